The maximum atomic E-state index is 12.6. The van der Waals surface area contributed by atoms with E-state index < -0.39 is 17.6 Å². The fraction of sp³-hybridized carbons (Fsp3) is 0.190. The second-order valence-corrected chi connectivity index (χ2v) is 8.55. The Morgan fingerprint density at radius 1 is 1.06 bits per heavy atom. The van der Waals surface area contributed by atoms with Crippen molar-refractivity contribution < 1.29 is 27.5 Å². The molecule has 2 aromatic carbocycles. The highest BCUT2D eigenvalue weighted by Crippen LogP contribution is 2.30. The Morgan fingerprint density at radius 2 is 1.78 bits per heavy atom. The van der Waals surface area contributed by atoms with Crippen LogP contribution in [0.1, 0.15) is 11.3 Å². The number of carbonyl (C=O) groups excluding carboxylic acids is 2. The van der Waals surface area contributed by atoms with Crippen LogP contribution >= 0.6 is 23.1 Å². The highest BCUT2D eigenvalue weighted by molar-refractivity contribution is 8.01. The molecule has 11 heteroatoms. The third kappa shape index (κ3) is 6.99. The standard InChI is InChI=1S/C21H18F3N3O3S2/c1-30-17-4-2-3-15(9-17)26-19(29)12-32-20-27-16(11-31-20)10-18(28)25-14-7-5-13(6-8-14)21(22,23)24/h2-9,11H,10,12H2,1H3,(H,25,28)(H,26,29). The Labute approximate surface area is 190 Å². The van der Waals surface area contributed by atoms with Crippen molar-refractivity contribution in [2.45, 2.75) is 16.9 Å². The molecule has 0 aliphatic carbocycles. The SMILES string of the molecule is COc1cccc(NC(=O)CSc2nc(CC(=O)Nc3ccc(C(F)(F)F)cc3)cs2)c1. The van der Waals surface area contributed by atoms with Gasteiger partial charge in [-0.2, -0.15) is 13.2 Å². The molecule has 2 N–H and O–H groups in total. The highest BCUT2D eigenvalue weighted by atomic mass is 32.2. The van der Waals surface area contributed by atoms with Gasteiger partial charge >= 0.3 is 6.18 Å². The molecule has 0 atom stereocenters. The van der Waals surface area contributed by atoms with Crippen LogP contribution in [0.15, 0.2) is 58.3 Å². The molecule has 168 valence electrons. The molecule has 0 unspecified atom stereocenters. The quantitative estimate of drug-likeness (QED) is 0.439. The second kappa shape index (κ2) is 10.5. The van der Waals surface area contributed by atoms with E-state index >= 15 is 0 Å². The number of benzene rings is 2. The molecular weight excluding hydrogens is 463 g/mol. The van der Waals surface area contributed by atoms with Crippen LogP contribution in [-0.4, -0.2) is 29.7 Å². The minimum atomic E-state index is -4.43. The zero-order chi connectivity index (χ0) is 23.1. The molecule has 0 radical (unpaired) electrons. The summed E-state index contributed by atoms with van der Waals surface area (Å²) in [7, 11) is 1.54. The molecular formula is C21H18F3N3O3S2. The summed E-state index contributed by atoms with van der Waals surface area (Å²) in [5, 5.41) is 7.01. The van der Waals surface area contributed by atoms with Gasteiger partial charge in [0.05, 0.1) is 30.5 Å². The van der Waals surface area contributed by atoms with Crippen molar-refractivity contribution in [1.29, 1.82) is 0 Å². The van der Waals surface area contributed by atoms with Crippen LogP contribution in [0.4, 0.5) is 24.5 Å². The van der Waals surface area contributed by atoms with Gasteiger partial charge in [-0.1, -0.05) is 17.8 Å². The van der Waals surface area contributed by atoms with E-state index in [1.54, 1.807) is 36.8 Å². The molecule has 0 saturated carbocycles. The summed E-state index contributed by atoms with van der Waals surface area (Å²) in [6.07, 6.45) is -4.46. The van der Waals surface area contributed by atoms with Gasteiger partial charge in [-0.15, -0.1) is 11.3 Å². The molecule has 0 aliphatic heterocycles. The third-order valence-electron chi connectivity index (χ3n) is 4.05. The number of nitrogens with zero attached hydrogens (tertiary/aromatic N) is 1. The number of hydrogen-bond acceptors (Lipinski definition) is 6. The maximum absolute atomic E-state index is 12.6. The number of aromatic nitrogens is 1. The predicted molar refractivity (Wildman–Crippen MR) is 118 cm³/mol. The number of thioether (sulfide) groups is 1. The van der Waals surface area contributed by atoms with Gasteiger partial charge in [0.1, 0.15) is 5.75 Å². The van der Waals surface area contributed by atoms with Gasteiger partial charge in [0.2, 0.25) is 11.8 Å². The molecule has 3 aromatic rings. The topological polar surface area (TPSA) is 80.3 Å². The largest absolute Gasteiger partial charge is 0.497 e. The number of rotatable bonds is 8. The first-order chi connectivity index (χ1) is 15.2. The fourth-order valence-electron chi connectivity index (χ4n) is 2.57. The maximum Gasteiger partial charge on any atom is 0.416 e. The van der Waals surface area contributed by atoms with Crippen LogP contribution < -0.4 is 15.4 Å². The summed E-state index contributed by atoms with van der Waals surface area (Å²) in [5.41, 5.74) is 0.610. The molecule has 32 heavy (non-hydrogen) atoms. The molecule has 1 heterocycles. The number of ether oxygens (including phenoxy) is 1. The molecule has 0 spiro atoms. The summed E-state index contributed by atoms with van der Waals surface area (Å²) in [5.74, 6) is 0.166. The number of alkyl halides is 3. The lowest BCUT2D eigenvalue weighted by Crippen LogP contribution is -2.15. The first-order valence-electron chi connectivity index (χ1n) is 9.21. The van der Waals surface area contributed by atoms with Crippen LogP contribution in [0.5, 0.6) is 5.75 Å². The summed E-state index contributed by atoms with van der Waals surface area (Å²) >= 11 is 2.54. The molecule has 0 aliphatic rings. The molecule has 1 aromatic heterocycles. The van der Waals surface area contributed by atoms with Crippen molar-refractivity contribution in [2.24, 2.45) is 0 Å². The minimum Gasteiger partial charge on any atom is -0.497 e. The first-order valence-corrected chi connectivity index (χ1v) is 11.1. The molecule has 0 bridgehead atoms. The van der Waals surface area contributed by atoms with E-state index in [-0.39, 0.29) is 23.8 Å². The molecule has 0 saturated heterocycles. The van der Waals surface area contributed by atoms with Crippen LogP contribution in [0.25, 0.3) is 0 Å². The monoisotopic (exact) mass is 481 g/mol. The lowest BCUT2D eigenvalue weighted by atomic mass is 10.2. The zero-order valence-corrected chi connectivity index (χ0v) is 18.4. The lowest BCUT2D eigenvalue weighted by molar-refractivity contribution is -0.137. The van der Waals surface area contributed by atoms with Gasteiger partial charge in [0.15, 0.2) is 4.34 Å². The first kappa shape index (κ1) is 23.6. The molecule has 6 nitrogen and oxygen atoms in total. The van der Waals surface area contributed by atoms with Crippen molar-refractivity contribution in [1.82, 2.24) is 4.98 Å². The molecule has 3 rings (SSSR count). The summed E-state index contributed by atoms with van der Waals surface area (Å²) in [6, 6.07) is 11.2. The van der Waals surface area contributed by atoms with Gasteiger partial charge < -0.3 is 15.4 Å². The van der Waals surface area contributed by atoms with Crippen molar-refractivity contribution in [3.63, 3.8) is 0 Å². The van der Waals surface area contributed by atoms with Crippen molar-refractivity contribution in [3.8, 4) is 5.75 Å². The number of methoxy groups -OCH3 is 1. The minimum absolute atomic E-state index is 0.0336. The van der Waals surface area contributed by atoms with E-state index in [0.717, 1.165) is 12.1 Å². The van der Waals surface area contributed by atoms with Gasteiger partial charge in [0, 0.05) is 22.8 Å². The normalized spacial score (nSPS) is 11.1. The van der Waals surface area contributed by atoms with E-state index in [1.165, 1.54) is 35.2 Å². The van der Waals surface area contributed by atoms with Crippen LogP contribution in [0.2, 0.25) is 0 Å². The number of nitrogens with one attached hydrogen (secondary N) is 2. The van der Waals surface area contributed by atoms with Gasteiger partial charge in [0.25, 0.3) is 0 Å². The Morgan fingerprint density at radius 3 is 2.47 bits per heavy atom. The average molecular weight is 482 g/mol. The summed E-state index contributed by atoms with van der Waals surface area (Å²) in [4.78, 5) is 28.6. The van der Waals surface area contributed by atoms with E-state index in [9.17, 15) is 22.8 Å². The number of halogens is 3. The summed E-state index contributed by atoms with van der Waals surface area (Å²) < 4.78 is 43.5. The average Bonchev–Trinajstić information content (AvgIpc) is 3.19. The van der Waals surface area contributed by atoms with E-state index in [2.05, 4.69) is 15.6 Å². The predicted octanol–water partition coefficient (Wildman–Crippen LogP) is 5.08. The van der Waals surface area contributed by atoms with E-state index in [1.807, 2.05) is 0 Å². The Hall–Kier alpha value is -3.05. The van der Waals surface area contributed by atoms with E-state index in [0.29, 0.717) is 21.5 Å². The number of anilines is 2. The molecule has 0 fully saturated rings. The third-order valence-corrected chi connectivity index (χ3v) is 6.12. The smallest absolute Gasteiger partial charge is 0.416 e. The van der Waals surface area contributed by atoms with E-state index in [4.69, 9.17) is 4.74 Å². The highest BCUT2D eigenvalue weighted by Gasteiger charge is 2.30. The van der Waals surface area contributed by atoms with Gasteiger partial charge in [-0.05, 0) is 36.4 Å². The van der Waals surface area contributed by atoms with Crippen LogP contribution in [-0.2, 0) is 22.2 Å². The van der Waals surface area contributed by atoms with Crippen molar-refractivity contribution >= 4 is 46.3 Å². The Balaban J connectivity index is 1.46. The number of amides is 2. The second-order valence-electron chi connectivity index (χ2n) is 6.47. The summed E-state index contributed by atoms with van der Waals surface area (Å²) in [6.45, 7) is 0. The van der Waals surface area contributed by atoms with Gasteiger partial charge in [-0.3, -0.25) is 9.59 Å². The van der Waals surface area contributed by atoms with Crippen molar-refractivity contribution in [3.05, 3.63) is 65.2 Å². The lowest BCUT2D eigenvalue weighted by Gasteiger charge is -2.08. The fourth-order valence-corrected chi connectivity index (χ4v) is 4.22. The molecule has 2 amide bonds. The Bertz CT molecular complexity index is 1090. The zero-order valence-electron chi connectivity index (χ0n) is 16.7. The Kier molecular flexibility index (Phi) is 7.75. The van der Waals surface area contributed by atoms with Crippen molar-refractivity contribution in [2.75, 3.05) is 23.5 Å². The number of carbonyl (C=O) groups is 2. The van der Waals surface area contributed by atoms with Crippen LogP contribution in [0.3, 0.4) is 0 Å². The number of thiazole rings is 1. The van der Waals surface area contributed by atoms with Gasteiger partial charge in [-0.25, -0.2) is 4.98 Å². The van der Waals surface area contributed by atoms with Crippen LogP contribution in [0, 0.1) is 0 Å². The number of hydrogen-bond donors (Lipinski definition) is 2.